The second kappa shape index (κ2) is 12.2. The lowest BCUT2D eigenvalue weighted by Gasteiger charge is -2.24. The molecule has 0 saturated carbocycles. The van der Waals surface area contributed by atoms with Crippen LogP contribution in [-0.4, -0.2) is 23.7 Å². The molecule has 0 fully saturated rings. The van der Waals surface area contributed by atoms with E-state index in [2.05, 4.69) is 75.1 Å². The SMILES string of the molecule is CC(CCC(C)[NH+]1C=CC(=CC=C2C=CC(=O)C=C2)C=C1)[NH+]1C=CC(=CC=C2C=CC(=O)C=C2)C=C1. The molecule has 4 rings (SSSR count). The smallest absolute Gasteiger partial charge is 0.178 e. The van der Waals surface area contributed by atoms with Gasteiger partial charge in [0.2, 0.25) is 0 Å². The van der Waals surface area contributed by atoms with Crippen molar-refractivity contribution in [3.63, 3.8) is 0 Å². The third-order valence-electron chi connectivity index (χ3n) is 6.74. The summed E-state index contributed by atoms with van der Waals surface area (Å²) in [6.45, 7) is 4.60. The summed E-state index contributed by atoms with van der Waals surface area (Å²) in [4.78, 5) is 25.2. The molecule has 2 N–H and O–H groups in total. The molecule has 0 amide bonds. The lowest BCUT2D eigenvalue weighted by atomic mass is 10.0. The van der Waals surface area contributed by atoms with E-state index in [4.69, 9.17) is 0 Å². The molecule has 4 aliphatic rings. The molecule has 2 heterocycles. The number of ketones is 2. The molecule has 0 radical (unpaired) electrons. The first-order chi connectivity index (χ1) is 17.5. The van der Waals surface area contributed by atoms with Crippen LogP contribution in [0.15, 0.2) is 144 Å². The van der Waals surface area contributed by atoms with Crippen LogP contribution in [0.1, 0.15) is 26.7 Å². The Bertz CT molecular complexity index is 1090. The maximum atomic E-state index is 11.2. The molecule has 4 nitrogen and oxygen atoms in total. The van der Waals surface area contributed by atoms with Crippen molar-refractivity contribution in [3.05, 3.63) is 144 Å². The van der Waals surface area contributed by atoms with E-state index in [1.54, 1.807) is 24.3 Å². The maximum Gasteiger partial charge on any atom is 0.178 e. The van der Waals surface area contributed by atoms with Crippen molar-refractivity contribution in [3.8, 4) is 0 Å². The highest BCUT2D eigenvalue weighted by Crippen LogP contribution is 2.11. The molecule has 36 heavy (non-hydrogen) atoms. The Morgan fingerprint density at radius 1 is 0.500 bits per heavy atom. The minimum atomic E-state index is 0.0363. The molecule has 2 aliphatic carbocycles. The number of hydrogen-bond acceptors (Lipinski definition) is 2. The van der Waals surface area contributed by atoms with Crippen molar-refractivity contribution in [1.82, 2.24) is 0 Å². The largest absolute Gasteiger partial charge is 0.290 e. The van der Waals surface area contributed by atoms with E-state index in [0.717, 1.165) is 35.1 Å². The molecule has 2 aliphatic heterocycles. The number of rotatable bonds is 7. The van der Waals surface area contributed by atoms with E-state index in [0.29, 0.717) is 12.1 Å². The summed E-state index contributed by atoms with van der Waals surface area (Å²) in [5, 5.41) is 0. The summed E-state index contributed by atoms with van der Waals surface area (Å²) >= 11 is 0. The van der Waals surface area contributed by atoms with Gasteiger partial charge in [0.15, 0.2) is 11.6 Å². The second-order valence-corrected chi connectivity index (χ2v) is 9.52. The van der Waals surface area contributed by atoms with Gasteiger partial charge in [0, 0.05) is 12.8 Å². The average Bonchev–Trinajstić information content (AvgIpc) is 2.91. The molecular weight excluding hydrogens is 444 g/mol. The van der Waals surface area contributed by atoms with Crippen LogP contribution in [-0.2, 0) is 9.59 Å². The van der Waals surface area contributed by atoms with Gasteiger partial charge in [-0.3, -0.25) is 19.4 Å². The molecule has 2 unspecified atom stereocenters. The van der Waals surface area contributed by atoms with Crippen molar-refractivity contribution >= 4 is 11.6 Å². The van der Waals surface area contributed by atoms with E-state index in [9.17, 15) is 9.59 Å². The first kappa shape index (κ1) is 25.2. The molecule has 4 heteroatoms. The van der Waals surface area contributed by atoms with E-state index in [1.807, 2.05) is 36.5 Å². The Balaban J connectivity index is 1.23. The number of quaternary nitrogens is 2. The third-order valence-corrected chi connectivity index (χ3v) is 6.74. The summed E-state index contributed by atoms with van der Waals surface area (Å²) < 4.78 is 0. The third kappa shape index (κ3) is 7.32. The van der Waals surface area contributed by atoms with Crippen LogP contribution in [0.4, 0.5) is 0 Å². The van der Waals surface area contributed by atoms with Crippen molar-refractivity contribution < 1.29 is 19.4 Å². The van der Waals surface area contributed by atoms with Gasteiger partial charge < -0.3 is 0 Å². The molecule has 2 atom stereocenters. The van der Waals surface area contributed by atoms with Gasteiger partial charge in [-0.05, 0) is 84.7 Å². The van der Waals surface area contributed by atoms with Crippen molar-refractivity contribution in [2.24, 2.45) is 0 Å². The van der Waals surface area contributed by atoms with Crippen LogP contribution >= 0.6 is 0 Å². The van der Waals surface area contributed by atoms with E-state index in [-0.39, 0.29) is 11.6 Å². The summed E-state index contributed by atoms with van der Waals surface area (Å²) in [6.07, 6.45) is 41.8. The maximum absolute atomic E-state index is 11.2. The predicted octanol–water partition coefficient (Wildman–Crippen LogP) is 3.49. The zero-order chi connectivity index (χ0) is 25.3. The molecule has 182 valence electrons. The summed E-state index contributed by atoms with van der Waals surface area (Å²) in [5.41, 5.74) is 4.37. The normalized spacial score (nSPS) is 23.9. The Morgan fingerprint density at radius 2 is 0.778 bits per heavy atom. The first-order valence-corrected chi connectivity index (χ1v) is 12.6. The monoisotopic (exact) mass is 478 g/mol. The lowest BCUT2D eigenvalue weighted by molar-refractivity contribution is -0.828. The highest BCUT2D eigenvalue weighted by Gasteiger charge is 2.20. The van der Waals surface area contributed by atoms with Crippen LogP contribution in [0.5, 0.6) is 0 Å². The minimum Gasteiger partial charge on any atom is -0.290 e. The summed E-state index contributed by atoms with van der Waals surface area (Å²) in [5.74, 6) is 0.0726. The van der Waals surface area contributed by atoms with Crippen LogP contribution in [0, 0.1) is 0 Å². The predicted molar refractivity (Wildman–Crippen MR) is 146 cm³/mol. The highest BCUT2D eigenvalue weighted by atomic mass is 16.1. The van der Waals surface area contributed by atoms with Gasteiger partial charge in [-0.25, -0.2) is 0 Å². The minimum absolute atomic E-state index is 0.0363. The van der Waals surface area contributed by atoms with Gasteiger partial charge in [-0.2, -0.15) is 0 Å². The fraction of sp³-hybridized carbons (Fsp3) is 0.188. The van der Waals surface area contributed by atoms with Gasteiger partial charge in [0.1, 0.15) is 0 Å². The first-order valence-electron chi connectivity index (χ1n) is 12.6. The van der Waals surface area contributed by atoms with Crippen LogP contribution in [0.25, 0.3) is 0 Å². The molecule has 0 aromatic carbocycles. The quantitative estimate of drug-likeness (QED) is 0.588. The number of carbonyl (C=O) groups excluding carboxylic acids is 2. The van der Waals surface area contributed by atoms with Crippen LogP contribution < -0.4 is 9.80 Å². The topological polar surface area (TPSA) is 43.0 Å². The van der Waals surface area contributed by atoms with E-state index in [1.165, 1.54) is 9.80 Å². The van der Waals surface area contributed by atoms with Gasteiger partial charge in [-0.15, -0.1) is 0 Å². The van der Waals surface area contributed by atoms with Crippen molar-refractivity contribution in [2.45, 2.75) is 38.8 Å². The fourth-order valence-corrected chi connectivity index (χ4v) is 4.25. The zero-order valence-electron chi connectivity index (χ0n) is 20.9. The highest BCUT2D eigenvalue weighted by molar-refractivity contribution is 6.01. The van der Waals surface area contributed by atoms with Gasteiger partial charge in [0.25, 0.3) is 0 Å². The second-order valence-electron chi connectivity index (χ2n) is 9.52. The van der Waals surface area contributed by atoms with Crippen molar-refractivity contribution in [2.75, 3.05) is 0 Å². The standard InChI is InChI=1S/C32H32N2O2/c1-25(33-21-17-29(18-22-33)7-5-27-9-13-31(35)14-10-27)3-4-26(2)34-23-19-30(20-24-34)8-6-28-11-15-32(36)16-12-28/h5-26H,3-4H2,1-2H3/p+2. The van der Waals surface area contributed by atoms with E-state index >= 15 is 0 Å². The number of allylic oxidation sites excluding steroid dienone is 20. The van der Waals surface area contributed by atoms with Gasteiger partial charge in [-0.1, -0.05) is 48.6 Å². The molecular formula is C32H34N2O2+2. The average molecular weight is 479 g/mol. The Hall–Kier alpha value is -3.86. The number of carbonyl (C=O) groups is 2. The molecule has 0 saturated heterocycles. The van der Waals surface area contributed by atoms with Crippen molar-refractivity contribution in [1.29, 1.82) is 0 Å². The fourth-order valence-electron chi connectivity index (χ4n) is 4.25. The van der Waals surface area contributed by atoms with Gasteiger partial charge in [0.05, 0.1) is 36.9 Å². The van der Waals surface area contributed by atoms with Crippen LogP contribution in [0.3, 0.4) is 0 Å². The number of nitrogens with one attached hydrogen (secondary N) is 2. The van der Waals surface area contributed by atoms with E-state index < -0.39 is 0 Å². The summed E-state index contributed by atoms with van der Waals surface area (Å²) in [6, 6.07) is 0.996. The molecule has 0 aromatic rings. The Labute approximate surface area is 214 Å². The lowest BCUT2D eigenvalue weighted by Crippen LogP contribution is -3.08. The molecule has 0 bridgehead atoms. The summed E-state index contributed by atoms with van der Waals surface area (Å²) in [7, 11) is 0. The van der Waals surface area contributed by atoms with Crippen LogP contribution in [0.2, 0.25) is 0 Å². The zero-order valence-corrected chi connectivity index (χ0v) is 20.9. The Kier molecular flexibility index (Phi) is 8.56. The number of hydrogen-bond donors (Lipinski definition) is 2. The van der Waals surface area contributed by atoms with Gasteiger partial charge >= 0.3 is 0 Å². The molecule has 0 spiro atoms. The molecule has 0 aromatic heterocycles. The Morgan fingerprint density at radius 3 is 1.08 bits per heavy atom.